The highest BCUT2D eigenvalue weighted by Gasteiger charge is 2.48. The second-order valence-corrected chi connectivity index (χ2v) is 9.96. The van der Waals surface area contributed by atoms with E-state index in [1.807, 2.05) is 48.7 Å². The van der Waals surface area contributed by atoms with Gasteiger partial charge in [-0.25, -0.2) is 4.39 Å². The van der Waals surface area contributed by atoms with Crippen LogP contribution in [0.15, 0.2) is 72.1 Å². The second kappa shape index (κ2) is 9.11. The van der Waals surface area contributed by atoms with E-state index in [1.165, 1.54) is 12.1 Å². The van der Waals surface area contributed by atoms with Crippen molar-refractivity contribution in [2.45, 2.75) is 39.0 Å². The van der Waals surface area contributed by atoms with Crippen molar-refractivity contribution in [2.24, 2.45) is 0 Å². The molecule has 1 aliphatic rings. The molecule has 3 heterocycles. The average molecular weight is 489 g/mol. The van der Waals surface area contributed by atoms with Crippen molar-refractivity contribution in [3.05, 3.63) is 100 Å². The first-order valence-corrected chi connectivity index (χ1v) is 12.2. The van der Waals surface area contributed by atoms with E-state index in [0.29, 0.717) is 12.2 Å². The van der Waals surface area contributed by atoms with Gasteiger partial charge in [-0.15, -0.1) is 11.3 Å². The van der Waals surface area contributed by atoms with Crippen LogP contribution in [0.1, 0.15) is 34.1 Å². The van der Waals surface area contributed by atoms with Crippen molar-refractivity contribution in [1.82, 2.24) is 20.0 Å². The van der Waals surface area contributed by atoms with Gasteiger partial charge in [0.2, 0.25) is 5.91 Å². The van der Waals surface area contributed by atoms with Gasteiger partial charge in [0.15, 0.2) is 0 Å². The molecule has 0 fully saturated rings. The normalized spacial score (nSPS) is 17.3. The predicted octanol–water partition coefficient (Wildman–Crippen LogP) is 4.79. The topological polar surface area (TPSA) is 67.2 Å². The van der Waals surface area contributed by atoms with Gasteiger partial charge in [0.25, 0.3) is 5.91 Å². The van der Waals surface area contributed by atoms with E-state index in [9.17, 15) is 14.0 Å². The molecule has 4 aromatic rings. The van der Waals surface area contributed by atoms with Crippen LogP contribution in [0.3, 0.4) is 0 Å². The summed E-state index contributed by atoms with van der Waals surface area (Å²) < 4.78 is 14.9. The number of carbonyl (C=O) groups is 2. The van der Waals surface area contributed by atoms with Crippen LogP contribution in [0, 0.1) is 12.7 Å². The SMILES string of the molecule is Cc1cccc(CN2C(=O)c3cc(-c4cccs4)nn3CC2(C)C(=O)NCc2ccc(F)cc2)c1. The van der Waals surface area contributed by atoms with Crippen molar-refractivity contribution in [3.63, 3.8) is 0 Å². The van der Waals surface area contributed by atoms with E-state index in [4.69, 9.17) is 0 Å². The summed E-state index contributed by atoms with van der Waals surface area (Å²) in [5.41, 5.74) is 2.81. The number of hydrogen-bond donors (Lipinski definition) is 1. The Morgan fingerprint density at radius 1 is 1.11 bits per heavy atom. The maximum atomic E-state index is 13.8. The number of benzene rings is 2. The zero-order valence-electron chi connectivity index (χ0n) is 19.5. The van der Waals surface area contributed by atoms with E-state index in [1.54, 1.807) is 46.0 Å². The number of fused-ring (bicyclic) bond motifs is 1. The minimum Gasteiger partial charge on any atom is -0.350 e. The van der Waals surface area contributed by atoms with Crippen LogP contribution in [0.2, 0.25) is 0 Å². The Labute approximate surface area is 207 Å². The Hall–Kier alpha value is -3.78. The highest BCUT2D eigenvalue weighted by atomic mass is 32.1. The molecule has 1 N–H and O–H groups in total. The predicted molar refractivity (Wildman–Crippen MR) is 133 cm³/mol. The molecule has 1 atom stereocenters. The zero-order valence-corrected chi connectivity index (χ0v) is 20.3. The highest BCUT2D eigenvalue weighted by Crippen LogP contribution is 2.32. The van der Waals surface area contributed by atoms with Crippen LogP contribution >= 0.6 is 11.3 Å². The van der Waals surface area contributed by atoms with Gasteiger partial charge < -0.3 is 10.2 Å². The number of rotatable bonds is 6. The van der Waals surface area contributed by atoms with Gasteiger partial charge in [-0.1, -0.05) is 48.0 Å². The minimum atomic E-state index is -1.17. The first-order valence-electron chi connectivity index (χ1n) is 11.4. The third kappa shape index (κ3) is 4.49. The molecular weight excluding hydrogens is 463 g/mol. The number of halogens is 1. The van der Waals surface area contributed by atoms with E-state index >= 15 is 0 Å². The largest absolute Gasteiger partial charge is 0.350 e. The number of nitrogens with one attached hydrogen (secondary N) is 1. The van der Waals surface area contributed by atoms with E-state index in [-0.39, 0.29) is 30.7 Å². The van der Waals surface area contributed by atoms with Crippen molar-refractivity contribution in [1.29, 1.82) is 0 Å². The molecule has 5 rings (SSSR count). The van der Waals surface area contributed by atoms with Gasteiger partial charge in [0, 0.05) is 13.1 Å². The van der Waals surface area contributed by atoms with E-state index in [0.717, 1.165) is 27.3 Å². The van der Waals surface area contributed by atoms with Gasteiger partial charge in [-0.2, -0.15) is 5.10 Å². The third-order valence-electron chi connectivity index (χ3n) is 6.35. The van der Waals surface area contributed by atoms with Crippen molar-refractivity contribution >= 4 is 23.2 Å². The number of amides is 2. The zero-order chi connectivity index (χ0) is 24.6. The molecular formula is C27H25FN4O2S. The molecule has 1 aliphatic heterocycles. The Morgan fingerprint density at radius 3 is 2.63 bits per heavy atom. The van der Waals surface area contributed by atoms with Crippen molar-refractivity contribution in [2.75, 3.05) is 0 Å². The van der Waals surface area contributed by atoms with E-state index < -0.39 is 5.54 Å². The lowest BCUT2D eigenvalue weighted by molar-refractivity contribution is -0.133. The Bertz CT molecular complexity index is 1380. The smallest absolute Gasteiger partial charge is 0.273 e. The van der Waals surface area contributed by atoms with Crippen molar-refractivity contribution in [3.8, 4) is 10.6 Å². The summed E-state index contributed by atoms with van der Waals surface area (Å²) in [7, 11) is 0. The number of thiophene rings is 1. The summed E-state index contributed by atoms with van der Waals surface area (Å²) in [4.78, 5) is 30.0. The molecule has 0 saturated heterocycles. The van der Waals surface area contributed by atoms with Gasteiger partial charge in [0.05, 0.1) is 11.4 Å². The molecule has 1 unspecified atom stereocenters. The summed E-state index contributed by atoms with van der Waals surface area (Å²) in [5.74, 6) is -0.865. The Morgan fingerprint density at radius 2 is 1.91 bits per heavy atom. The van der Waals surface area contributed by atoms with Crippen LogP contribution in [0.25, 0.3) is 10.6 Å². The maximum absolute atomic E-state index is 13.8. The lowest BCUT2D eigenvalue weighted by Gasteiger charge is -2.43. The Balaban J connectivity index is 1.48. The summed E-state index contributed by atoms with van der Waals surface area (Å²) in [6, 6.07) is 19.6. The molecule has 35 heavy (non-hydrogen) atoms. The number of aromatic nitrogens is 2. The fraction of sp³-hybridized carbons (Fsp3) is 0.222. The molecule has 8 heteroatoms. The molecule has 0 radical (unpaired) electrons. The standard InChI is InChI=1S/C27H25FN4O2S/c1-18-5-3-6-20(13-18)16-31-25(33)23-14-22(24-7-4-12-35-24)30-32(23)17-27(31,2)26(34)29-15-19-8-10-21(28)11-9-19/h3-14H,15-17H2,1-2H3,(H,29,34). The summed E-state index contributed by atoms with van der Waals surface area (Å²) in [6.45, 7) is 4.52. The fourth-order valence-electron chi connectivity index (χ4n) is 4.40. The molecule has 0 saturated carbocycles. The molecule has 2 aromatic carbocycles. The molecule has 6 nitrogen and oxygen atoms in total. The molecule has 0 aliphatic carbocycles. The second-order valence-electron chi connectivity index (χ2n) is 9.01. The van der Waals surface area contributed by atoms with Gasteiger partial charge in [-0.3, -0.25) is 14.3 Å². The molecule has 178 valence electrons. The quantitative estimate of drug-likeness (QED) is 0.424. The van der Waals surface area contributed by atoms with E-state index in [2.05, 4.69) is 10.4 Å². The third-order valence-corrected chi connectivity index (χ3v) is 7.24. The maximum Gasteiger partial charge on any atom is 0.273 e. The molecule has 0 spiro atoms. The monoisotopic (exact) mass is 488 g/mol. The average Bonchev–Trinajstić information content (AvgIpc) is 3.51. The first-order chi connectivity index (χ1) is 16.8. The van der Waals surface area contributed by atoms with Crippen molar-refractivity contribution < 1.29 is 14.0 Å². The van der Waals surface area contributed by atoms with Gasteiger partial charge in [-0.05, 0) is 54.6 Å². The van der Waals surface area contributed by atoms with Crippen LogP contribution in [0.4, 0.5) is 4.39 Å². The molecule has 2 amide bonds. The number of nitrogens with zero attached hydrogens (tertiary/aromatic N) is 3. The highest BCUT2D eigenvalue weighted by molar-refractivity contribution is 7.13. The molecule has 0 bridgehead atoms. The lowest BCUT2D eigenvalue weighted by Crippen LogP contribution is -2.63. The van der Waals surface area contributed by atoms with Gasteiger partial charge in [0.1, 0.15) is 22.7 Å². The van der Waals surface area contributed by atoms with Crippen LogP contribution < -0.4 is 5.32 Å². The van der Waals surface area contributed by atoms with Gasteiger partial charge >= 0.3 is 0 Å². The van der Waals surface area contributed by atoms with Crippen LogP contribution in [-0.4, -0.2) is 32.0 Å². The van der Waals surface area contributed by atoms with Crippen LogP contribution in [-0.2, 0) is 24.4 Å². The number of aryl methyl sites for hydroxylation is 1. The summed E-state index contributed by atoms with van der Waals surface area (Å²) in [5, 5.41) is 9.58. The molecule has 2 aromatic heterocycles. The first kappa shape index (κ1) is 23.0. The van der Waals surface area contributed by atoms with Crippen LogP contribution in [0.5, 0.6) is 0 Å². The summed E-state index contributed by atoms with van der Waals surface area (Å²) in [6.07, 6.45) is 0. The Kier molecular flexibility index (Phi) is 5.98. The number of carbonyl (C=O) groups excluding carboxylic acids is 2. The fourth-order valence-corrected chi connectivity index (χ4v) is 5.08. The number of hydrogen-bond acceptors (Lipinski definition) is 4. The summed E-state index contributed by atoms with van der Waals surface area (Å²) >= 11 is 1.55. The minimum absolute atomic E-state index is 0.223. The lowest BCUT2D eigenvalue weighted by atomic mass is 9.93.